The highest BCUT2D eigenvalue weighted by Crippen LogP contribution is 2.24. The van der Waals surface area contributed by atoms with E-state index in [1.165, 1.54) is 0 Å². The Balaban J connectivity index is 2.44. The van der Waals surface area contributed by atoms with E-state index in [4.69, 9.17) is 9.47 Å². The fourth-order valence-corrected chi connectivity index (χ4v) is 1.74. The average molecular weight is 248 g/mol. The van der Waals surface area contributed by atoms with E-state index in [-0.39, 0.29) is 0 Å². The SMILES string of the molecule is COc1cc(OC)cc(C2=NC=CN(C)C2O)c1. The molecule has 1 aromatic carbocycles. The normalized spacial score (nSPS) is 18.6. The predicted molar refractivity (Wildman–Crippen MR) is 69.0 cm³/mol. The lowest BCUT2D eigenvalue weighted by atomic mass is 10.1. The maximum absolute atomic E-state index is 10.1. The van der Waals surface area contributed by atoms with Crippen molar-refractivity contribution in [3.63, 3.8) is 0 Å². The molecule has 1 aliphatic heterocycles. The van der Waals surface area contributed by atoms with E-state index in [0.29, 0.717) is 17.2 Å². The van der Waals surface area contributed by atoms with Crippen molar-refractivity contribution in [1.82, 2.24) is 4.90 Å². The molecular formula is C13H16N2O3. The van der Waals surface area contributed by atoms with Crippen molar-refractivity contribution in [2.45, 2.75) is 6.23 Å². The standard InChI is InChI=1S/C13H16N2O3/c1-15-5-4-14-12(13(15)16)9-6-10(17-2)8-11(7-9)18-3/h4-8,13,16H,1-3H3. The van der Waals surface area contributed by atoms with Gasteiger partial charge in [-0.1, -0.05) is 0 Å². The summed E-state index contributed by atoms with van der Waals surface area (Å²) in [5.41, 5.74) is 1.34. The molecule has 1 N–H and O–H groups in total. The minimum atomic E-state index is -0.771. The second kappa shape index (κ2) is 5.10. The van der Waals surface area contributed by atoms with Crippen LogP contribution in [0, 0.1) is 0 Å². The van der Waals surface area contributed by atoms with Gasteiger partial charge in [0, 0.05) is 31.1 Å². The minimum Gasteiger partial charge on any atom is -0.497 e. The van der Waals surface area contributed by atoms with Crippen molar-refractivity contribution in [2.75, 3.05) is 21.3 Å². The molecule has 0 aromatic heterocycles. The molecule has 5 nitrogen and oxygen atoms in total. The van der Waals surface area contributed by atoms with E-state index in [1.54, 1.807) is 44.6 Å². The second-order valence-electron chi connectivity index (χ2n) is 3.95. The summed E-state index contributed by atoms with van der Waals surface area (Å²) < 4.78 is 10.4. The zero-order valence-corrected chi connectivity index (χ0v) is 10.6. The van der Waals surface area contributed by atoms with Gasteiger partial charge in [0.1, 0.15) is 11.5 Å². The molecule has 1 unspecified atom stereocenters. The molecule has 1 aromatic rings. The van der Waals surface area contributed by atoms with Crippen LogP contribution in [0.1, 0.15) is 5.56 Å². The Hall–Kier alpha value is -2.01. The van der Waals surface area contributed by atoms with Crippen LogP contribution in [-0.4, -0.2) is 43.2 Å². The molecule has 1 heterocycles. The topological polar surface area (TPSA) is 54.3 Å². The maximum atomic E-state index is 10.1. The van der Waals surface area contributed by atoms with Crippen LogP contribution in [0.15, 0.2) is 35.6 Å². The lowest BCUT2D eigenvalue weighted by Crippen LogP contribution is -2.37. The van der Waals surface area contributed by atoms with Crippen LogP contribution >= 0.6 is 0 Å². The van der Waals surface area contributed by atoms with E-state index in [9.17, 15) is 5.11 Å². The number of rotatable bonds is 3. The van der Waals surface area contributed by atoms with Gasteiger partial charge < -0.3 is 19.5 Å². The summed E-state index contributed by atoms with van der Waals surface area (Å²) in [5.74, 6) is 1.33. The Morgan fingerprint density at radius 1 is 1.17 bits per heavy atom. The van der Waals surface area contributed by atoms with Gasteiger partial charge in [-0.15, -0.1) is 0 Å². The Labute approximate surface area is 106 Å². The first-order valence-corrected chi connectivity index (χ1v) is 5.53. The summed E-state index contributed by atoms with van der Waals surface area (Å²) in [6.45, 7) is 0. The van der Waals surface area contributed by atoms with E-state index in [0.717, 1.165) is 5.56 Å². The highest BCUT2D eigenvalue weighted by Gasteiger charge is 2.21. The molecule has 0 radical (unpaired) electrons. The summed E-state index contributed by atoms with van der Waals surface area (Å²) in [6, 6.07) is 5.41. The number of benzene rings is 1. The van der Waals surface area contributed by atoms with Gasteiger partial charge in [0.25, 0.3) is 0 Å². The van der Waals surface area contributed by atoms with Gasteiger partial charge in [-0.3, -0.25) is 4.99 Å². The number of aliphatic hydroxyl groups is 1. The highest BCUT2D eigenvalue weighted by molar-refractivity contribution is 6.04. The molecule has 18 heavy (non-hydrogen) atoms. The summed E-state index contributed by atoms with van der Waals surface area (Å²) in [7, 11) is 4.96. The minimum absolute atomic E-state index is 0.567. The van der Waals surface area contributed by atoms with Crippen molar-refractivity contribution < 1.29 is 14.6 Å². The summed E-state index contributed by atoms with van der Waals surface area (Å²) in [6.07, 6.45) is 2.59. The van der Waals surface area contributed by atoms with Crippen LogP contribution in [-0.2, 0) is 0 Å². The third kappa shape index (κ3) is 2.31. The van der Waals surface area contributed by atoms with Crippen LogP contribution in [0.3, 0.4) is 0 Å². The number of nitrogens with zero attached hydrogens (tertiary/aromatic N) is 2. The van der Waals surface area contributed by atoms with Gasteiger partial charge >= 0.3 is 0 Å². The fraction of sp³-hybridized carbons (Fsp3) is 0.308. The number of ether oxygens (including phenoxy) is 2. The molecule has 0 aliphatic carbocycles. The molecule has 5 heteroatoms. The van der Waals surface area contributed by atoms with Gasteiger partial charge in [0.2, 0.25) is 0 Å². The third-order valence-electron chi connectivity index (χ3n) is 2.79. The first kappa shape index (κ1) is 12.4. The van der Waals surface area contributed by atoms with Crippen molar-refractivity contribution in [2.24, 2.45) is 4.99 Å². The Morgan fingerprint density at radius 2 is 1.78 bits per heavy atom. The molecule has 0 saturated heterocycles. The number of hydrogen-bond donors (Lipinski definition) is 1. The van der Waals surface area contributed by atoms with Crippen LogP contribution in [0.5, 0.6) is 11.5 Å². The predicted octanol–water partition coefficient (Wildman–Crippen LogP) is 1.23. The van der Waals surface area contributed by atoms with E-state index in [1.807, 2.05) is 12.1 Å². The van der Waals surface area contributed by atoms with E-state index >= 15 is 0 Å². The smallest absolute Gasteiger partial charge is 0.170 e. The van der Waals surface area contributed by atoms with E-state index < -0.39 is 6.23 Å². The molecule has 0 saturated carbocycles. The zero-order valence-electron chi connectivity index (χ0n) is 10.6. The maximum Gasteiger partial charge on any atom is 0.170 e. The zero-order chi connectivity index (χ0) is 13.1. The average Bonchev–Trinajstić information content (AvgIpc) is 2.41. The Bertz CT molecular complexity index is 475. The van der Waals surface area contributed by atoms with Crippen LogP contribution in [0.25, 0.3) is 0 Å². The molecule has 0 amide bonds. The second-order valence-corrected chi connectivity index (χ2v) is 3.95. The van der Waals surface area contributed by atoms with Crippen molar-refractivity contribution in [3.8, 4) is 11.5 Å². The van der Waals surface area contributed by atoms with Gasteiger partial charge in [-0.2, -0.15) is 0 Å². The number of aliphatic imine (C=N–C) groups is 1. The van der Waals surface area contributed by atoms with E-state index in [2.05, 4.69) is 4.99 Å². The number of likely N-dealkylation sites (N-methyl/N-ethyl adjacent to an activating group) is 1. The molecule has 0 bridgehead atoms. The first-order chi connectivity index (χ1) is 8.65. The van der Waals surface area contributed by atoms with Crippen molar-refractivity contribution in [1.29, 1.82) is 0 Å². The molecular weight excluding hydrogens is 232 g/mol. The fourth-order valence-electron chi connectivity index (χ4n) is 1.74. The molecule has 0 fully saturated rings. The molecule has 1 atom stereocenters. The molecule has 0 spiro atoms. The molecule has 1 aliphatic rings. The number of hydrogen-bond acceptors (Lipinski definition) is 5. The Morgan fingerprint density at radius 3 is 2.33 bits per heavy atom. The van der Waals surface area contributed by atoms with Crippen LogP contribution in [0.4, 0.5) is 0 Å². The van der Waals surface area contributed by atoms with Crippen LogP contribution < -0.4 is 9.47 Å². The summed E-state index contributed by atoms with van der Waals surface area (Å²) >= 11 is 0. The van der Waals surface area contributed by atoms with Gasteiger partial charge in [0.05, 0.1) is 19.9 Å². The highest BCUT2D eigenvalue weighted by atomic mass is 16.5. The largest absolute Gasteiger partial charge is 0.497 e. The quantitative estimate of drug-likeness (QED) is 0.874. The third-order valence-corrected chi connectivity index (χ3v) is 2.79. The summed E-state index contributed by atoms with van der Waals surface area (Å²) in [5, 5.41) is 10.1. The van der Waals surface area contributed by atoms with Gasteiger partial charge in [0.15, 0.2) is 6.23 Å². The van der Waals surface area contributed by atoms with Gasteiger partial charge in [-0.25, -0.2) is 0 Å². The van der Waals surface area contributed by atoms with Crippen LogP contribution in [0.2, 0.25) is 0 Å². The lowest BCUT2D eigenvalue weighted by molar-refractivity contribution is 0.115. The molecule has 96 valence electrons. The first-order valence-electron chi connectivity index (χ1n) is 5.53. The Kier molecular flexibility index (Phi) is 3.53. The summed E-state index contributed by atoms with van der Waals surface area (Å²) in [4.78, 5) is 5.89. The molecule has 2 rings (SSSR count). The monoisotopic (exact) mass is 248 g/mol. The van der Waals surface area contributed by atoms with Gasteiger partial charge in [-0.05, 0) is 12.1 Å². The van der Waals surface area contributed by atoms with Crippen molar-refractivity contribution >= 4 is 5.71 Å². The lowest BCUT2D eigenvalue weighted by Gasteiger charge is -2.26. The number of aliphatic hydroxyl groups excluding tert-OH is 1. The van der Waals surface area contributed by atoms with Crippen molar-refractivity contribution in [3.05, 3.63) is 36.2 Å². The number of methoxy groups -OCH3 is 2.